The molecule has 0 spiro atoms. The fourth-order valence-corrected chi connectivity index (χ4v) is 4.17. The first-order valence-electron chi connectivity index (χ1n) is 6.34. The van der Waals surface area contributed by atoms with E-state index in [1.807, 2.05) is 4.72 Å². The number of benzene rings is 2. The van der Waals surface area contributed by atoms with E-state index in [4.69, 9.17) is 28.3 Å². The predicted octanol–water partition coefficient (Wildman–Crippen LogP) is 4.51. The lowest BCUT2D eigenvalue weighted by molar-refractivity contribution is -0.137. The van der Waals surface area contributed by atoms with Crippen molar-refractivity contribution in [3.63, 3.8) is 0 Å². The molecule has 134 valence electrons. The lowest BCUT2D eigenvalue weighted by Crippen LogP contribution is -2.15. The highest BCUT2D eigenvalue weighted by molar-refractivity contribution is 7.93. The van der Waals surface area contributed by atoms with E-state index in [1.54, 1.807) is 0 Å². The van der Waals surface area contributed by atoms with Gasteiger partial charge in [-0.2, -0.15) is 13.2 Å². The highest BCUT2D eigenvalue weighted by Crippen LogP contribution is 2.38. The molecular weight excluding hydrogens is 406 g/mol. The van der Waals surface area contributed by atoms with Gasteiger partial charge in [-0.3, -0.25) is 4.72 Å². The first-order chi connectivity index (χ1) is 11.4. The van der Waals surface area contributed by atoms with Gasteiger partial charge in [-0.05, 0) is 30.3 Å². The van der Waals surface area contributed by atoms with Gasteiger partial charge in [0.05, 0.1) is 21.2 Å². The van der Waals surface area contributed by atoms with Crippen LogP contribution in [0.25, 0.3) is 0 Å². The van der Waals surface area contributed by atoms with Gasteiger partial charge < -0.3 is 5.11 Å². The molecule has 25 heavy (non-hydrogen) atoms. The normalized spacial score (nSPS) is 12.0. The molecule has 0 radical (unpaired) electrons. The molecule has 0 bridgehead atoms. The molecule has 0 saturated carbocycles. The summed E-state index contributed by atoms with van der Waals surface area (Å²) in [5.41, 5.74) is -1.51. The first-order valence-corrected chi connectivity index (χ1v) is 8.58. The Bertz CT molecular complexity index is 922. The molecule has 2 aromatic rings. The van der Waals surface area contributed by atoms with E-state index in [1.165, 1.54) is 18.2 Å². The van der Waals surface area contributed by atoms with Crippen molar-refractivity contribution in [1.29, 1.82) is 0 Å². The summed E-state index contributed by atoms with van der Waals surface area (Å²) in [4.78, 5) is 10.2. The monoisotopic (exact) mass is 413 g/mol. The Morgan fingerprint density at radius 2 is 1.64 bits per heavy atom. The molecule has 5 nitrogen and oxygen atoms in total. The van der Waals surface area contributed by atoms with Crippen molar-refractivity contribution in [1.82, 2.24) is 0 Å². The van der Waals surface area contributed by atoms with Gasteiger partial charge >= 0.3 is 12.1 Å². The highest BCUT2D eigenvalue weighted by atomic mass is 35.5. The smallest absolute Gasteiger partial charge is 0.416 e. The van der Waals surface area contributed by atoms with Crippen molar-refractivity contribution in [2.45, 2.75) is 11.1 Å². The van der Waals surface area contributed by atoms with Gasteiger partial charge in [-0.1, -0.05) is 29.3 Å². The van der Waals surface area contributed by atoms with Gasteiger partial charge in [0.25, 0.3) is 10.0 Å². The van der Waals surface area contributed by atoms with Crippen molar-refractivity contribution >= 4 is 44.9 Å². The molecule has 0 aromatic heterocycles. The molecular formula is C14H8Cl2F3NO4S. The minimum absolute atomic E-state index is 0.119. The number of carboxylic acid groups (broad SMARTS) is 1. The molecule has 0 saturated heterocycles. The number of hydrogen-bond acceptors (Lipinski definition) is 3. The maximum atomic E-state index is 12.7. The van der Waals surface area contributed by atoms with E-state index in [9.17, 15) is 26.4 Å². The Labute approximate surface area is 150 Å². The number of alkyl halides is 3. The van der Waals surface area contributed by atoms with Crippen LogP contribution in [0.15, 0.2) is 41.3 Å². The summed E-state index contributed by atoms with van der Waals surface area (Å²) in [5.74, 6) is -1.29. The standard InChI is InChI=1S/C14H8Cl2F3NO4S/c15-10-5-8(14(17,18)19)6-11(16)12(10)25(23,24)20-9-3-1-2-7(4-9)13(21)22/h1-6,20H,(H,21,22). The van der Waals surface area contributed by atoms with Gasteiger partial charge in [0, 0.05) is 5.69 Å². The van der Waals surface area contributed by atoms with Crippen LogP contribution in [0.1, 0.15) is 15.9 Å². The third kappa shape index (κ3) is 4.36. The Hall–Kier alpha value is -1.97. The largest absolute Gasteiger partial charge is 0.478 e. The summed E-state index contributed by atoms with van der Waals surface area (Å²) in [5, 5.41) is 7.45. The zero-order chi connectivity index (χ0) is 19.0. The second-order valence-corrected chi connectivity index (χ2v) is 7.19. The van der Waals surface area contributed by atoms with E-state index >= 15 is 0 Å². The van der Waals surface area contributed by atoms with E-state index in [2.05, 4.69) is 0 Å². The first kappa shape index (κ1) is 19.4. The molecule has 0 heterocycles. The number of rotatable bonds is 4. The van der Waals surface area contributed by atoms with Crippen molar-refractivity contribution in [2.75, 3.05) is 4.72 Å². The second kappa shape index (κ2) is 6.74. The van der Waals surface area contributed by atoms with E-state index in [0.717, 1.165) is 6.07 Å². The van der Waals surface area contributed by atoms with E-state index in [0.29, 0.717) is 12.1 Å². The Balaban J connectivity index is 2.47. The number of carbonyl (C=O) groups is 1. The van der Waals surface area contributed by atoms with Crippen LogP contribution in [0.3, 0.4) is 0 Å². The molecule has 2 N–H and O–H groups in total. The Kier molecular flexibility index (Phi) is 5.22. The quantitative estimate of drug-likeness (QED) is 0.771. The average molecular weight is 414 g/mol. The van der Waals surface area contributed by atoms with Crippen molar-refractivity contribution in [3.05, 3.63) is 57.6 Å². The van der Waals surface area contributed by atoms with Crippen LogP contribution < -0.4 is 4.72 Å². The number of hydrogen-bond donors (Lipinski definition) is 2. The maximum Gasteiger partial charge on any atom is 0.416 e. The molecule has 0 atom stereocenters. The zero-order valence-corrected chi connectivity index (χ0v) is 14.3. The molecule has 0 aliphatic carbocycles. The van der Waals surface area contributed by atoms with Gasteiger partial charge in [-0.25, -0.2) is 13.2 Å². The zero-order valence-electron chi connectivity index (χ0n) is 11.9. The van der Waals surface area contributed by atoms with E-state index < -0.39 is 42.7 Å². The van der Waals surface area contributed by atoms with Crippen molar-refractivity contribution < 1.29 is 31.5 Å². The minimum atomic E-state index is -4.75. The van der Waals surface area contributed by atoms with E-state index in [-0.39, 0.29) is 11.3 Å². The summed E-state index contributed by atoms with van der Waals surface area (Å²) >= 11 is 11.4. The second-order valence-electron chi connectivity index (χ2n) is 4.76. The number of halogens is 5. The molecule has 0 fully saturated rings. The topological polar surface area (TPSA) is 83.5 Å². The summed E-state index contributed by atoms with van der Waals surface area (Å²) in [7, 11) is -4.45. The number of carboxylic acids is 1. The van der Waals surface area contributed by atoms with Crippen LogP contribution >= 0.6 is 23.2 Å². The molecule has 2 rings (SSSR count). The number of anilines is 1. The fraction of sp³-hybridized carbons (Fsp3) is 0.0714. The summed E-state index contributed by atoms with van der Waals surface area (Å²) in [6.07, 6.45) is -4.75. The molecule has 0 aliphatic rings. The molecule has 0 amide bonds. The molecule has 0 aliphatic heterocycles. The number of sulfonamides is 1. The number of aromatic carboxylic acids is 1. The maximum absolute atomic E-state index is 12.7. The summed E-state index contributed by atoms with van der Waals surface area (Å²) in [6, 6.07) is 5.70. The average Bonchev–Trinajstić information content (AvgIpc) is 2.44. The van der Waals surface area contributed by atoms with Crippen LogP contribution in [0.5, 0.6) is 0 Å². The lowest BCUT2D eigenvalue weighted by Gasteiger charge is -2.14. The van der Waals surface area contributed by atoms with Crippen LogP contribution in [0.4, 0.5) is 18.9 Å². The SMILES string of the molecule is O=C(O)c1cccc(NS(=O)(=O)c2c(Cl)cc(C(F)(F)F)cc2Cl)c1. The van der Waals surface area contributed by atoms with Crippen molar-refractivity contribution in [2.24, 2.45) is 0 Å². The fourth-order valence-electron chi connectivity index (χ4n) is 1.90. The number of nitrogens with one attached hydrogen (secondary N) is 1. The van der Waals surface area contributed by atoms with Crippen LogP contribution in [-0.2, 0) is 16.2 Å². The molecule has 11 heteroatoms. The molecule has 2 aromatic carbocycles. The third-order valence-electron chi connectivity index (χ3n) is 2.96. The third-order valence-corrected chi connectivity index (χ3v) is 5.26. The van der Waals surface area contributed by atoms with Gasteiger partial charge in [0.2, 0.25) is 0 Å². The van der Waals surface area contributed by atoms with Gasteiger partial charge in [0.1, 0.15) is 4.90 Å². The van der Waals surface area contributed by atoms with Crippen LogP contribution in [0, 0.1) is 0 Å². The highest BCUT2D eigenvalue weighted by Gasteiger charge is 2.34. The van der Waals surface area contributed by atoms with Crippen molar-refractivity contribution in [3.8, 4) is 0 Å². The minimum Gasteiger partial charge on any atom is -0.478 e. The van der Waals surface area contributed by atoms with Crippen LogP contribution in [-0.4, -0.2) is 19.5 Å². The molecule has 0 unspecified atom stereocenters. The van der Waals surface area contributed by atoms with Crippen LogP contribution in [0.2, 0.25) is 10.0 Å². The lowest BCUT2D eigenvalue weighted by atomic mass is 10.2. The Morgan fingerprint density at radius 3 is 2.12 bits per heavy atom. The predicted molar refractivity (Wildman–Crippen MR) is 85.7 cm³/mol. The Morgan fingerprint density at radius 1 is 1.08 bits per heavy atom. The summed E-state index contributed by atoms with van der Waals surface area (Å²) in [6.45, 7) is 0. The van der Waals surface area contributed by atoms with Gasteiger partial charge in [-0.15, -0.1) is 0 Å². The summed E-state index contributed by atoms with van der Waals surface area (Å²) < 4.78 is 64.9. The van der Waals surface area contributed by atoms with Gasteiger partial charge in [0.15, 0.2) is 0 Å².